The number of piperidine rings is 1. The molecule has 1 saturated heterocycles. The first-order valence-electron chi connectivity index (χ1n) is 5.29. The van der Waals surface area contributed by atoms with Gasteiger partial charge in [0.2, 0.25) is 5.91 Å². The Morgan fingerprint density at radius 2 is 1.69 bits per heavy atom. The fourth-order valence-electron chi connectivity index (χ4n) is 2.21. The Balaban J connectivity index is 2.55. The fraction of sp³-hybridized carbons (Fsp3) is 0.909. The van der Waals surface area contributed by atoms with Crippen LogP contribution in [0.25, 0.3) is 0 Å². The average Bonchev–Trinajstić information content (AvgIpc) is 2.01. The topological polar surface area (TPSA) is 20.3 Å². The number of hydrogen-bond donors (Lipinski definition) is 0. The molecule has 2 atom stereocenters. The zero-order valence-corrected chi connectivity index (χ0v) is 9.21. The summed E-state index contributed by atoms with van der Waals surface area (Å²) >= 11 is 0. The molecule has 0 radical (unpaired) electrons. The van der Waals surface area contributed by atoms with Crippen molar-refractivity contribution in [3.63, 3.8) is 0 Å². The lowest BCUT2D eigenvalue weighted by Gasteiger charge is -2.36. The van der Waals surface area contributed by atoms with Gasteiger partial charge in [0.25, 0.3) is 0 Å². The standard InChI is InChI=1S/C11H21NO/c1-8(2)11(13)12-6-9(3)5-10(4)7-12/h8-10H,5-7H2,1-4H3. The van der Waals surface area contributed by atoms with Gasteiger partial charge in [-0.2, -0.15) is 0 Å². The van der Waals surface area contributed by atoms with Crippen LogP contribution in [0.2, 0.25) is 0 Å². The van der Waals surface area contributed by atoms with Crippen molar-refractivity contribution in [3.8, 4) is 0 Å². The minimum Gasteiger partial charge on any atom is -0.342 e. The number of carbonyl (C=O) groups excluding carboxylic acids is 1. The van der Waals surface area contributed by atoms with E-state index in [4.69, 9.17) is 0 Å². The smallest absolute Gasteiger partial charge is 0.225 e. The fourth-order valence-corrected chi connectivity index (χ4v) is 2.21. The van der Waals surface area contributed by atoms with Crippen LogP contribution in [0.4, 0.5) is 0 Å². The molecule has 0 saturated carbocycles. The molecule has 1 aliphatic rings. The van der Waals surface area contributed by atoms with Crippen LogP contribution in [0.5, 0.6) is 0 Å². The molecule has 1 aliphatic heterocycles. The molecular weight excluding hydrogens is 162 g/mol. The van der Waals surface area contributed by atoms with Crippen LogP contribution in [-0.4, -0.2) is 23.9 Å². The van der Waals surface area contributed by atoms with Crippen molar-refractivity contribution in [2.45, 2.75) is 34.1 Å². The van der Waals surface area contributed by atoms with Crippen LogP contribution in [-0.2, 0) is 4.79 Å². The summed E-state index contributed by atoms with van der Waals surface area (Å²) in [6.45, 7) is 10.3. The molecule has 1 heterocycles. The first kappa shape index (κ1) is 10.6. The Labute approximate surface area is 81.3 Å². The summed E-state index contributed by atoms with van der Waals surface area (Å²) < 4.78 is 0. The van der Waals surface area contributed by atoms with Crippen LogP contribution in [0.15, 0.2) is 0 Å². The van der Waals surface area contributed by atoms with Crippen molar-refractivity contribution in [2.24, 2.45) is 17.8 Å². The van der Waals surface area contributed by atoms with Gasteiger partial charge in [-0.3, -0.25) is 4.79 Å². The third kappa shape index (κ3) is 2.71. The van der Waals surface area contributed by atoms with E-state index in [1.54, 1.807) is 0 Å². The number of nitrogens with zero attached hydrogens (tertiary/aromatic N) is 1. The summed E-state index contributed by atoms with van der Waals surface area (Å²) in [5.74, 6) is 1.81. The SMILES string of the molecule is CC1CC(C)CN(C(=O)C(C)C)C1. The van der Waals surface area contributed by atoms with E-state index in [2.05, 4.69) is 13.8 Å². The van der Waals surface area contributed by atoms with Crippen molar-refractivity contribution in [1.82, 2.24) is 4.90 Å². The first-order valence-corrected chi connectivity index (χ1v) is 5.29. The minimum absolute atomic E-state index is 0.150. The zero-order chi connectivity index (χ0) is 10.0. The Morgan fingerprint density at radius 3 is 2.08 bits per heavy atom. The number of carbonyl (C=O) groups is 1. The summed E-state index contributed by atoms with van der Waals surface area (Å²) in [5.41, 5.74) is 0. The molecule has 2 nitrogen and oxygen atoms in total. The van der Waals surface area contributed by atoms with E-state index in [9.17, 15) is 4.79 Å². The molecule has 1 amide bonds. The van der Waals surface area contributed by atoms with Crippen molar-refractivity contribution in [2.75, 3.05) is 13.1 Å². The third-order valence-corrected chi connectivity index (χ3v) is 2.67. The Morgan fingerprint density at radius 1 is 1.23 bits per heavy atom. The van der Waals surface area contributed by atoms with Crippen molar-refractivity contribution in [3.05, 3.63) is 0 Å². The van der Waals surface area contributed by atoms with Crippen molar-refractivity contribution < 1.29 is 4.79 Å². The lowest BCUT2D eigenvalue weighted by Crippen LogP contribution is -2.44. The monoisotopic (exact) mass is 183 g/mol. The molecule has 1 fully saturated rings. The minimum atomic E-state index is 0.150. The van der Waals surface area contributed by atoms with Gasteiger partial charge in [-0.1, -0.05) is 27.7 Å². The van der Waals surface area contributed by atoms with Crippen molar-refractivity contribution >= 4 is 5.91 Å². The molecule has 0 aromatic carbocycles. The average molecular weight is 183 g/mol. The maximum atomic E-state index is 11.7. The van der Waals surface area contributed by atoms with Crippen molar-refractivity contribution in [1.29, 1.82) is 0 Å². The molecule has 0 spiro atoms. The third-order valence-electron chi connectivity index (χ3n) is 2.67. The maximum absolute atomic E-state index is 11.7. The predicted molar refractivity (Wildman–Crippen MR) is 54.4 cm³/mol. The van der Waals surface area contributed by atoms with Gasteiger partial charge in [-0.25, -0.2) is 0 Å². The highest BCUT2D eigenvalue weighted by Gasteiger charge is 2.26. The Kier molecular flexibility index (Phi) is 3.34. The first-order chi connectivity index (χ1) is 6.00. The summed E-state index contributed by atoms with van der Waals surface area (Å²) in [5, 5.41) is 0. The molecule has 1 rings (SSSR count). The lowest BCUT2D eigenvalue weighted by atomic mass is 9.91. The van der Waals surface area contributed by atoms with E-state index >= 15 is 0 Å². The summed E-state index contributed by atoms with van der Waals surface area (Å²) in [6.07, 6.45) is 1.27. The second-order valence-corrected chi connectivity index (χ2v) is 4.84. The number of likely N-dealkylation sites (tertiary alicyclic amines) is 1. The van der Waals surface area contributed by atoms with Gasteiger partial charge in [0.05, 0.1) is 0 Å². The molecule has 0 aromatic heterocycles. The molecule has 0 aromatic rings. The quantitative estimate of drug-likeness (QED) is 0.610. The van der Waals surface area contributed by atoms with Crippen LogP contribution in [0, 0.1) is 17.8 Å². The highest BCUT2D eigenvalue weighted by Crippen LogP contribution is 2.21. The van der Waals surface area contributed by atoms with Crippen LogP contribution < -0.4 is 0 Å². The Bertz CT molecular complexity index is 179. The molecule has 0 aliphatic carbocycles. The maximum Gasteiger partial charge on any atom is 0.225 e. The largest absolute Gasteiger partial charge is 0.342 e. The van der Waals surface area contributed by atoms with Gasteiger partial charge >= 0.3 is 0 Å². The van der Waals surface area contributed by atoms with E-state index in [1.165, 1.54) is 6.42 Å². The van der Waals surface area contributed by atoms with Gasteiger partial charge in [0.1, 0.15) is 0 Å². The van der Waals surface area contributed by atoms with E-state index in [0.29, 0.717) is 17.7 Å². The number of amides is 1. The van der Waals surface area contributed by atoms with Crippen LogP contribution in [0.3, 0.4) is 0 Å². The molecular formula is C11H21NO. The van der Waals surface area contributed by atoms with Gasteiger partial charge in [-0.15, -0.1) is 0 Å². The lowest BCUT2D eigenvalue weighted by molar-refractivity contribution is -0.137. The summed E-state index contributed by atoms with van der Waals surface area (Å²) in [4.78, 5) is 13.7. The van der Waals surface area contributed by atoms with E-state index in [0.717, 1.165) is 13.1 Å². The second-order valence-electron chi connectivity index (χ2n) is 4.84. The van der Waals surface area contributed by atoms with Crippen LogP contribution >= 0.6 is 0 Å². The molecule has 76 valence electrons. The summed E-state index contributed by atoms with van der Waals surface area (Å²) in [6, 6.07) is 0. The van der Waals surface area contributed by atoms with E-state index < -0.39 is 0 Å². The highest BCUT2D eigenvalue weighted by molar-refractivity contribution is 5.78. The van der Waals surface area contributed by atoms with Crippen LogP contribution in [0.1, 0.15) is 34.1 Å². The molecule has 0 N–H and O–H groups in total. The van der Waals surface area contributed by atoms with Gasteiger partial charge in [0.15, 0.2) is 0 Å². The predicted octanol–water partition coefficient (Wildman–Crippen LogP) is 2.15. The second kappa shape index (κ2) is 4.12. The number of rotatable bonds is 1. The normalized spacial score (nSPS) is 29.5. The van der Waals surface area contributed by atoms with Gasteiger partial charge < -0.3 is 4.90 Å². The molecule has 0 bridgehead atoms. The highest BCUT2D eigenvalue weighted by atomic mass is 16.2. The van der Waals surface area contributed by atoms with E-state index in [-0.39, 0.29) is 5.92 Å². The Hall–Kier alpha value is -0.530. The molecule has 13 heavy (non-hydrogen) atoms. The van der Waals surface area contributed by atoms with Gasteiger partial charge in [0, 0.05) is 19.0 Å². The molecule has 2 heteroatoms. The van der Waals surface area contributed by atoms with Gasteiger partial charge in [-0.05, 0) is 18.3 Å². The number of hydrogen-bond acceptors (Lipinski definition) is 1. The molecule has 2 unspecified atom stereocenters. The zero-order valence-electron chi connectivity index (χ0n) is 9.21. The van der Waals surface area contributed by atoms with E-state index in [1.807, 2.05) is 18.7 Å². The summed E-state index contributed by atoms with van der Waals surface area (Å²) in [7, 11) is 0.